The van der Waals surface area contributed by atoms with Gasteiger partial charge >= 0.3 is 6.18 Å². The molecule has 1 amide bonds. The summed E-state index contributed by atoms with van der Waals surface area (Å²) in [5.74, 6) is -0.729. The van der Waals surface area contributed by atoms with E-state index in [0.717, 1.165) is 5.56 Å². The second kappa shape index (κ2) is 7.71. The molecular formula is C15H20F3N3O3S. The Balaban J connectivity index is 1.87. The second-order valence-corrected chi connectivity index (χ2v) is 7.82. The third kappa shape index (κ3) is 5.68. The summed E-state index contributed by atoms with van der Waals surface area (Å²) in [5.41, 5.74) is 0.952. The van der Waals surface area contributed by atoms with Crippen molar-refractivity contribution in [3.05, 3.63) is 29.8 Å². The fourth-order valence-corrected chi connectivity index (χ4v) is 3.87. The third-order valence-corrected chi connectivity index (χ3v) is 5.76. The molecule has 0 aliphatic carbocycles. The Kier molecular flexibility index (Phi) is 6.07. The number of nitrogens with one attached hydrogen (secondary N) is 1. The summed E-state index contributed by atoms with van der Waals surface area (Å²) in [5, 5.41) is 1.81. The van der Waals surface area contributed by atoms with Crippen LogP contribution in [0.2, 0.25) is 0 Å². The molecule has 1 aliphatic heterocycles. The van der Waals surface area contributed by atoms with E-state index in [2.05, 4.69) is 0 Å². The van der Waals surface area contributed by atoms with Crippen LogP contribution in [-0.4, -0.2) is 69.0 Å². The summed E-state index contributed by atoms with van der Waals surface area (Å²) in [7, 11) is -3.60. The number of rotatable bonds is 5. The topological polar surface area (TPSA) is 69.7 Å². The molecule has 1 heterocycles. The minimum absolute atomic E-state index is 0.183. The molecular weight excluding hydrogens is 359 g/mol. The summed E-state index contributed by atoms with van der Waals surface area (Å²) < 4.78 is 62.6. The van der Waals surface area contributed by atoms with E-state index in [1.165, 1.54) is 4.31 Å². The van der Waals surface area contributed by atoms with Gasteiger partial charge in [0, 0.05) is 26.2 Å². The van der Waals surface area contributed by atoms with Crippen molar-refractivity contribution in [1.82, 2.24) is 14.5 Å². The van der Waals surface area contributed by atoms with Crippen LogP contribution in [0.4, 0.5) is 13.2 Å². The molecule has 1 aromatic carbocycles. The lowest BCUT2D eigenvalue weighted by Gasteiger charge is -2.33. The highest BCUT2D eigenvalue weighted by atomic mass is 32.2. The summed E-state index contributed by atoms with van der Waals surface area (Å²) in [6.07, 6.45) is -4.45. The van der Waals surface area contributed by atoms with E-state index in [1.807, 2.05) is 6.92 Å². The number of carbonyl (C=O) groups is 1. The van der Waals surface area contributed by atoms with Crippen molar-refractivity contribution in [1.29, 1.82) is 0 Å². The third-order valence-electron chi connectivity index (χ3n) is 3.84. The summed E-state index contributed by atoms with van der Waals surface area (Å²) in [6.45, 7) is 1.24. The highest BCUT2D eigenvalue weighted by Gasteiger charge is 2.30. The molecule has 1 aromatic rings. The Morgan fingerprint density at radius 2 is 1.68 bits per heavy atom. The largest absolute Gasteiger partial charge is 0.405 e. The minimum atomic E-state index is -4.45. The molecule has 0 aromatic heterocycles. The number of amides is 1. The molecule has 0 bridgehead atoms. The van der Waals surface area contributed by atoms with Crippen LogP contribution in [0.1, 0.15) is 5.56 Å². The summed E-state index contributed by atoms with van der Waals surface area (Å²) in [6, 6.07) is 6.52. The molecule has 1 saturated heterocycles. The zero-order valence-corrected chi connectivity index (χ0v) is 14.5. The van der Waals surface area contributed by atoms with E-state index < -0.39 is 28.7 Å². The number of piperazine rings is 1. The van der Waals surface area contributed by atoms with Crippen LogP contribution in [0.25, 0.3) is 0 Å². The van der Waals surface area contributed by atoms with Crippen LogP contribution in [0, 0.1) is 6.92 Å². The van der Waals surface area contributed by atoms with Gasteiger partial charge in [-0.2, -0.15) is 17.5 Å². The number of benzene rings is 1. The first kappa shape index (κ1) is 19.7. The molecule has 0 radical (unpaired) electrons. The van der Waals surface area contributed by atoms with E-state index in [1.54, 1.807) is 34.5 Å². The molecule has 2 rings (SSSR count). The van der Waals surface area contributed by atoms with Gasteiger partial charge in [-0.25, -0.2) is 8.42 Å². The second-order valence-electron chi connectivity index (χ2n) is 5.89. The van der Waals surface area contributed by atoms with Crippen molar-refractivity contribution in [3.8, 4) is 0 Å². The number of alkyl halides is 3. The van der Waals surface area contributed by atoms with E-state index >= 15 is 0 Å². The fraction of sp³-hybridized carbons (Fsp3) is 0.533. The Hall–Kier alpha value is -1.65. The van der Waals surface area contributed by atoms with Gasteiger partial charge in [-0.3, -0.25) is 9.69 Å². The predicted molar refractivity (Wildman–Crippen MR) is 85.4 cm³/mol. The van der Waals surface area contributed by atoms with Gasteiger partial charge in [-0.15, -0.1) is 0 Å². The van der Waals surface area contributed by atoms with Crippen molar-refractivity contribution in [2.45, 2.75) is 18.0 Å². The number of hydrogen-bond acceptors (Lipinski definition) is 4. The summed E-state index contributed by atoms with van der Waals surface area (Å²) >= 11 is 0. The molecule has 25 heavy (non-hydrogen) atoms. The molecule has 0 unspecified atom stereocenters. The van der Waals surface area contributed by atoms with Crippen molar-refractivity contribution >= 4 is 15.9 Å². The molecule has 0 saturated carbocycles. The molecule has 1 fully saturated rings. The first-order valence-electron chi connectivity index (χ1n) is 7.70. The smallest absolute Gasteiger partial charge is 0.346 e. The lowest BCUT2D eigenvalue weighted by Crippen LogP contribution is -2.51. The fourth-order valence-electron chi connectivity index (χ4n) is 2.45. The number of aryl methyl sites for hydroxylation is 1. The highest BCUT2D eigenvalue weighted by molar-refractivity contribution is 7.89. The van der Waals surface area contributed by atoms with Crippen LogP contribution in [0.5, 0.6) is 0 Å². The number of carbonyl (C=O) groups excluding carboxylic acids is 1. The molecule has 1 aliphatic rings. The standard InChI is InChI=1S/C15H20F3N3O3S/c1-12-2-4-13(5-3-12)25(23,24)21-8-6-20(7-9-21)10-14(22)19-11-15(16,17)18/h2-5H,6-11H2,1H3,(H,19,22). The average molecular weight is 379 g/mol. The predicted octanol–water partition coefficient (Wildman–Crippen LogP) is 0.980. The van der Waals surface area contributed by atoms with Gasteiger partial charge in [0.15, 0.2) is 0 Å². The first-order chi connectivity index (χ1) is 11.6. The monoisotopic (exact) mass is 379 g/mol. The summed E-state index contributed by atoms with van der Waals surface area (Å²) in [4.78, 5) is 13.3. The van der Waals surface area contributed by atoms with Crippen molar-refractivity contribution in [2.75, 3.05) is 39.3 Å². The number of nitrogens with zero attached hydrogens (tertiary/aromatic N) is 2. The number of sulfonamides is 1. The zero-order valence-electron chi connectivity index (χ0n) is 13.7. The van der Waals surface area contributed by atoms with Gasteiger partial charge in [-0.05, 0) is 19.1 Å². The normalized spacial score (nSPS) is 17.4. The van der Waals surface area contributed by atoms with E-state index in [0.29, 0.717) is 0 Å². The molecule has 6 nitrogen and oxygen atoms in total. The van der Waals surface area contributed by atoms with E-state index in [-0.39, 0.29) is 37.6 Å². The van der Waals surface area contributed by atoms with Crippen molar-refractivity contribution < 1.29 is 26.4 Å². The Bertz CT molecular complexity index is 697. The van der Waals surface area contributed by atoms with Gasteiger partial charge < -0.3 is 5.32 Å². The molecule has 1 N–H and O–H groups in total. The van der Waals surface area contributed by atoms with Gasteiger partial charge in [0.2, 0.25) is 15.9 Å². The van der Waals surface area contributed by atoms with Crippen LogP contribution >= 0.6 is 0 Å². The maximum atomic E-state index is 12.5. The molecule has 0 spiro atoms. The van der Waals surface area contributed by atoms with Crippen LogP contribution in [-0.2, 0) is 14.8 Å². The van der Waals surface area contributed by atoms with Crippen molar-refractivity contribution in [3.63, 3.8) is 0 Å². The van der Waals surface area contributed by atoms with Crippen LogP contribution < -0.4 is 5.32 Å². The number of halogens is 3. The van der Waals surface area contributed by atoms with Gasteiger partial charge in [0.1, 0.15) is 6.54 Å². The molecule has 10 heteroatoms. The van der Waals surface area contributed by atoms with Crippen LogP contribution in [0.15, 0.2) is 29.2 Å². The SMILES string of the molecule is Cc1ccc(S(=O)(=O)N2CCN(CC(=O)NCC(F)(F)F)CC2)cc1. The Morgan fingerprint density at radius 1 is 1.12 bits per heavy atom. The van der Waals surface area contributed by atoms with Gasteiger partial charge in [0.25, 0.3) is 0 Å². The van der Waals surface area contributed by atoms with Crippen molar-refractivity contribution in [2.24, 2.45) is 0 Å². The maximum absolute atomic E-state index is 12.5. The lowest BCUT2D eigenvalue weighted by atomic mass is 10.2. The Labute approximate surface area is 144 Å². The highest BCUT2D eigenvalue weighted by Crippen LogP contribution is 2.18. The average Bonchev–Trinajstić information content (AvgIpc) is 2.53. The Morgan fingerprint density at radius 3 is 2.20 bits per heavy atom. The quantitative estimate of drug-likeness (QED) is 0.828. The van der Waals surface area contributed by atoms with E-state index in [4.69, 9.17) is 0 Å². The molecule has 140 valence electrons. The van der Waals surface area contributed by atoms with E-state index in [9.17, 15) is 26.4 Å². The lowest BCUT2D eigenvalue weighted by molar-refractivity contribution is -0.139. The van der Waals surface area contributed by atoms with Gasteiger partial charge in [-0.1, -0.05) is 17.7 Å². The minimum Gasteiger partial charge on any atom is -0.346 e. The van der Waals surface area contributed by atoms with Crippen LogP contribution in [0.3, 0.4) is 0 Å². The maximum Gasteiger partial charge on any atom is 0.405 e. The zero-order chi connectivity index (χ0) is 18.7. The first-order valence-corrected chi connectivity index (χ1v) is 9.14. The number of hydrogen-bond donors (Lipinski definition) is 1. The molecule has 0 atom stereocenters. The van der Waals surface area contributed by atoms with Gasteiger partial charge in [0.05, 0.1) is 11.4 Å².